The molecule has 1 heterocycles. The summed E-state index contributed by atoms with van der Waals surface area (Å²) in [6, 6.07) is 0.451. The molecule has 0 aromatic heterocycles. The van der Waals surface area contributed by atoms with Crippen LogP contribution >= 0.6 is 0 Å². The first kappa shape index (κ1) is 6.16. The van der Waals surface area contributed by atoms with E-state index in [9.17, 15) is 4.79 Å². The molecule has 0 amide bonds. The van der Waals surface area contributed by atoms with E-state index in [-0.39, 0.29) is 11.9 Å². The van der Waals surface area contributed by atoms with Gasteiger partial charge in [0.25, 0.3) is 0 Å². The van der Waals surface area contributed by atoms with Gasteiger partial charge in [0.15, 0.2) is 0 Å². The van der Waals surface area contributed by atoms with E-state index in [0.29, 0.717) is 12.0 Å². The average Bonchev–Trinajstić information content (AvgIpc) is 2.43. The fraction of sp³-hybridized carbons (Fsp3) is 0.857. The fourth-order valence-corrected chi connectivity index (χ4v) is 1.89. The third-order valence-electron chi connectivity index (χ3n) is 2.50. The average molecular weight is 141 g/mol. The molecule has 1 aliphatic heterocycles. The summed E-state index contributed by atoms with van der Waals surface area (Å²) in [4.78, 5) is 10.9. The normalized spacial score (nSPS) is 42.7. The van der Waals surface area contributed by atoms with Crippen molar-refractivity contribution < 1.29 is 9.53 Å². The van der Waals surface area contributed by atoms with Gasteiger partial charge >= 0.3 is 5.97 Å². The zero-order valence-corrected chi connectivity index (χ0v) is 5.96. The minimum atomic E-state index is -0.0396. The second-order valence-electron chi connectivity index (χ2n) is 2.98. The molecule has 0 radical (unpaired) electrons. The summed E-state index contributed by atoms with van der Waals surface area (Å²) in [6.07, 6.45) is 1.14. The van der Waals surface area contributed by atoms with Crippen molar-refractivity contribution in [3.8, 4) is 0 Å². The molecule has 3 atom stereocenters. The monoisotopic (exact) mass is 141 g/mol. The molecule has 3 unspecified atom stereocenters. The molecular formula is C7H11NO2. The van der Waals surface area contributed by atoms with Crippen molar-refractivity contribution >= 4 is 5.97 Å². The third kappa shape index (κ3) is 0.669. The number of carbonyl (C=O) groups is 1. The van der Waals surface area contributed by atoms with Crippen LogP contribution < -0.4 is 5.32 Å². The number of hydrogen-bond donors (Lipinski definition) is 1. The highest BCUT2D eigenvalue weighted by Crippen LogP contribution is 2.45. The molecule has 0 bridgehead atoms. The minimum Gasteiger partial charge on any atom is -0.469 e. The number of piperidine rings is 1. The second kappa shape index (κ2) is 1.95. The smallest absolute Gasteiger partial charge is 0.310 e. The van der Waals surface area contributed by atoms with E-state index < -0.39 is 0 Å². The summed E-state index contributed by atoms with van der Waals surface area (Å²) in [6.45, 7) is 1.07. The van der Waals surface area contributed by atoms with Gasteiger partial charge in [-0.25, -0.2) is 0 Å². The molecule has 0 aromatic carbocycles. The van der Waals surface area contributed by atoms with Crippen molar-refractivity contribution in [2.45, 2.75) is 12.5 Å². The van der Waals surface area contributed by atoms with Gasteiger partial charge in [0.05, 0.1) is 13.0 Å². The number of carbonyl (C=O) groups excluding carboxylic acids is 1. The van der Waals surface area contributed by atoms with Gasteiger partial charge in [-0.1, -0.05) is 0 Å². The van der Waals surface area contributed by atoms with E-state index in [1.54, 1.807) is 0 Å². The molecule has 1 N–H and O–H groups in total. The predicted octanol–water partition coefficient (Wildman–Crippen LogP) is -0.233. The van der Waals surface area contributed by atoms with E-state index in [2.05, 4.69) is 10.1 Å². The molecule has 56 valence electrons. The minimum absolute atomic E-state index is 0.0396. The van der Waals surface area contributed by atoms with Crippen LogP contribution in [-0.2, 0) is 9.53 Å². The number of fused-ring (bicyclic) bond motifs is 1. The van der Waals surface area contributed by atoms with Gasteiger partial charge in [-0.15, -0.1) is 0 Å². The van der Waals surface area contributed by atoms with Crippen LogP contribution in [-0.4, -0.2) is 25.7 Å². The molecule has 2 aliphatic rings. The topological polar surface area (TPSA) is 38.3 Å². The molecular weight excluding hydrogens is 130 g/mol. The summed E-state index contributed by atoms with van der Waals surface area (Å²) in [5.74, 6) is 0.730. The Balaban J connectivity index is 1.94. The zero-order chi connectivity index (χ0) is 7.14. The van der Waals surface area contributed by atoms with E-state index in [1.165, 1.54) is 7.11 Å². The summed E-state index contributed by atoms with van der Waals surface area (Å²) in [7, 11) is 1.45. The summed E-state index contributed by atoms with van der Waals surface area (Å²) in [5, 5.41) is 3.26. The highest BCUT2D eigenvalue weighted by molar-refractivity contribution is 5.77. The lowest BCUT2D eigenvalue weighted by Crippen LogP contribution is -2.20. The molecule has 0 spiro atoms. The van der Waals surface area contributed by atoms with Crippen LogP contribution in [0.2, 0.25) is 0 Å². The summed E-state index contributed by atoms with van der Waals surface area (Å²) >= 11 is 0. The Hall–Kier alpha value is -0.570. The Morgan fingerprint density at radius 2 is 2.50 bits per heavy atom. The largest absolute Gasteiger partial charge is 0.469 e. The molecule has 1 aliphatic carbocycles. The van der Waals surface area contributed by atoms with Crippen molar-refractivity contribution in [3.63, 3.8) is 0 Å². The van der Waals surface area contributed by atoms with Crippen LogP contribution in [0.4, 0.5) is 0 Å². The van der Waals surface area contributed by atoms with Crippen molar-refractivity contribution in [1.29, 1.82) is 0 Å². The lowest BCUT2D eigenvalue weighted by molar-refractivity contribution is -0.142. The molecule has 2 rings (SSSR count). The maximum Gasteiger partial charge on any atom is 0.310 e. The molecule has 3 heteroatoms. The van der Waals surface area contributed by atoms with Gasteiger partial charge in [0.1, 0.15) is 0 Å². The van der Waals surface area contributed by atoms with Crippen LogP contribution in [0.1, 0.15) is 6.42 Å². The third-order valence-corrected chi connectivity index (χ3v) is 2.50. The first-order chi connectivity index (χ1) is 4.84. The van der Waals surface area contributed by atoms with Crippen molar-refractivity contribution in [3.05, 3.63) is 0 Å². The van der Waals surface area contributed by atoms with Gasteiger partial charge in [0.2, 0.25) is 0 Å². The maximum absolute atomic E-state index is 10.9. The lowest BCUT2D eigenvalue weighted by atomic mass is 10.2. The molecule has 1 saturated heterocycles. The van der Waals surface area contributed by atoms with Gasteiger partial charge < -0.3 is 10.1 Å². The number of rotatable bonds is 1. The Morgan fingerprint density at radius 1 is 1.70 bits per heavy atom. The van der Waals surface area contributed by atoms with Crippen LogP contribution in [0.3, 0.4) is 0 Å². The quantitative estimate of drug-likeness (QED) is 0.512. The molecule has 10 heavy (non-hydrogen) atoms. The van der Waals surface area contributed by atoms with E-state index in [4.69, 9.17) is 0 Å². The van der Waals surface area contributed by atoms with Crippen molar-refractivity contribution in [2.75, 3.05) is 13.7 Å². The Labute approximate surface area is 59.7 Å². The highest BCUT2D eigenvalue weighted by Gasteiger charge is 2.57. The Bertz CT molecular complexity index is 159. The molecule has 2 fully saturated rings. The Morgan fingerprint density at radius 3 is 3.00 bits per heavy atom. The maximum atomic E-state index is 10.9. The number of esters is 1. The van der Waals surface area contributed by atoms with E-state index >= 15 is 0 Å². The highest BCUT2D eigenvalue weighted by atomic mass is 16.5. The fourth-order valence-electron chi connectivity index (χ4n) is 1.89. The van der Waals surface area contributed by atoms with E-state index in [0.717, 1.165) is 13.0 Å². The van der Waals surface area contributed by atoms with Crippen LogP contribution in [0.5, 0.6) is 0 Å². The summed E-state index contributed by atoms with van der Waals surface area (Å²) < 4.78 is 4.63. The first-order valence-corrected chi connectivity index (χ1v) is 3.66. The van der Waals surface area contributed by atoms with Crippen LogP contribution in [0.25, 0.3) is 0 Å². The second-order valence-corrected chi connectivity index (χ2v) is 2.98. The van der Waals surface area contributed by atoms with Crippen molar-refractivity contribution in [1.82, 2.24) is 5.32 Å². The SMILES string of the molecule is COC(=O)C1C2CCNC21. The lowest BCUT2D eigenvalue weighted by Gasteiger charge is -2.00. The number of methoxy groups -OCH3 is 1. The van der Waals surface area contributed by atoms with Gasteiger partial charge in [0, 0.05) is 6.04 Å². The number of nitrogens with one attached hydrogen (secondary N) is 1. The van der Waals surface area contributed by atoms with Crippen molar-refractivity contribution in [2.24, 2.45) is 11.8 Å². The van der Waals surface area contributed by atoms with Gasteiger partial charge in [-0.05, 0) is 18.9 Å². The molecule has 3 nitrogen and oxygen atoms in total. The summed E-state index contributed by atoms with van der Waals surface area (Å²) in [5.41, 5.74) is 0. The standard InChI is InChI=1S/C7H11NO2/c1-10-7(9)5-4-2-3-8-6(4)5/h4-6,8H,2-3H2,1H3. The van der Waals surface area contributed by atoms with Gasteiger partial charge in [-0.3, -0.25) is 4.79 Å². The van der Waals surface area contributed by atoms with E-state index in [1.807, 2.05) is 0 Å². The first-order valence-electron chi connectivity index (χ1n) is 3.66. The number of ether oxygens (including phenoxy) is 1. The predicted molar refractivity (Wildman–Crippen MR) is 35.4 cm³/mol. The van der Waals surface area contributed by atoms with Crippen LogP contribution in [0.15, 0.2) is 0 Å². The number of hydrogen-bond acceptors (Lipinski definition) is 3. The molecule has 1 saturated carbocycles. The van der Waals surface area contributed by atoms with Crippen LogP contribution in [0, 0.1) is 11.8 Å². The molecule has 0 aromatic rings. The van der Waals surface area contributed by atoms with Gasteiger partial charge in [-0.2, -0.15) is 0 Å². The zero-order valence-electron chi connectivity index (χ0n) is 5.96. The Kier molecular flexibility index (Phi) is 1.20.